The topological polar surface area (TPSA) is 58.2 Å². The summed E-state index contributed by atoms with van der Waals surface area (Å²) >= 11 is 2.97. The van der Waals surface area contributed by atoms with E-state index < -0.39 is 21.7 Å². The van der Waals surface area contributed by atoms with Gasteiger partial charge in [-0.15, -0.1) is 0 Å². The van der Waals surface area contributed by atoms with E-state index in [0.29, 0.717) is 0 Å². The second-order valence-corrected chi connectivity index (χ2v) is 6.35. The second-order valence-electron chi connectivity index (χ2n) is 3.67. The Balaban J connectivity index is 2.47. The Kier molecular flexibility index (Phi) is 5.64. The number of nitrogens with one attached hydrogen (secondary N) is 2. The van der Waals surface area contributed by atoms with Gasteiger partial charge in [-0.3, -0.25) is 0 Å². The van der Waals surface area contributed by atoms with Crippen LogP contribution in [0.3, 0.4) is 0 Å². The molecular formula is C10H13BrF2N2O2S. The molecule has 0 unspecified atom stereocenters. The smallest absolute Gasteiger partial charge is 0.208 e. The molecule has 0 aliphatic rings. The minimum atomic E-state index is -3.24. The van der Waals surface area contributed by atoms with Crippen LogP contribution in [-0.4, -0.2) is 27.8 Å². The molecule has 0 spiro atoms. The summed E-state index contributed by atoms with van der Waals surface area (Å²) in [5.41, 5.74) is -0.0799. The van der Waals surface area contributed by atoms with Crippen LogP contribution in [-0.2, 0) is 16.6 Å². The highest BCUT2D eigenvalue weighted by atomic mass is 79.9. The first-order valence-corrected chi connectivity index (χ1v) is 7.77. The van der Waals surface area contributed by atoms with Crippen LogP contribution in [0.25, 0.3) is 0 Å². The SMILES string of the molecule is CS(=O)(=O)NCCNCc1c(F)ccc(Br)c1F. The molecule has 8 heteroatoms. The second kappa shape index (κ2) is 6.55. The number of sulfonamides is 1. The number of hydrogen-bond acceptors (Lipinski definition) is 3. The molecule has 0 aliphatic heterocycles. The normalized spacial score (nSPS) is 11.8. The first-order valence-electron chi connectivity index (χ1n) is 5.09. The molecule has 1 aromatic carbocycles. The summed E-state index contributed by atoms with van der Waals surface area (Å²) in [6.07, 6.45) is 1.04. The standard InChI is InChI=1S/C10H13BrF2N2O2S/c1-18(16,17)15-5-4-14-6-7-9(12)3-2-8(11)10(7)13/h2-3,14-15H,4-6H2,1H3. The molecule has 4 nitrogen and oxygen atoms in total. The van der Waals surface area contributed by atoms with E-state index in [9.17, 15) is 17.2 Å². The third-order valence-corrected chi connectivity index (χ3v) is 3.45. The van der Waals surface area contributed by atoms with Gasteiger partial charge in [0.25, 0.3) is 0 Å². The lowest BCUT2D eigenvalue weighted by Gasteiger charge is -2.08. The summed E-state index contributed by atoms with van der Waals surface area (Å²) in [5.74, 6) is -1.29. The van der Waals surface area contributed by atoms with Crippen LogP contribution >= 0.6 is 15.9 Å². The van der Waals surface area contributed by atoms with E-state index in [1.807, 2.05) is 0 Å². The third kappa shape index (κ3) is 4.97. The van der Waals surface area contributed by atoms with E-state index in [1.165, 1.54) is 12.1 Å². The predicted molar refractivity (Wildman–Crippen MR) is 68.6 cm³/mol. The Morgan fingerprint density at radius 1 is 1.28 bits per heavy atom. The minimum absolute atomic E-state index is 0.0114. The molecule has 0 heterocycles. The molecule has 0 aliphatic carbocycles. The molecule has 0 bridgehead atoms. The molecule has 1 rings (SSSR count). The van der Waals surface area contributed by atoms with Crippen LogP contribution in [0, 0.1) is 11.6 Å². The highest BCUT2D eigenvalue weighted by Gasteiger charge is 2.11. The zero-order chi connectivity index (χ0) is 13.8. The van der Waals surface area contributed by atoms with Gasteiger partial charge in [-0.05, 0) is 28.1 Å². The molecule has 1 aromatic rings. The van der Waals surface area contributed by atoms with Gasteiger partial charge in [0.15, 0.2) is 0 Å². The van der Waals surface area contributed by atoms with Crippen LogP contribution in [0.1, 0.15) is 5.56 Å². The van der Waals surface area contributed by atoms with Gasteiger partial charge >= 0.3 is 0 Å². The van der Waals surface area contributed by atoms with Crippen molar-refractivity contribution < 1.29 is 17.2 Å². The fraction of sp³-hybridized carbons (Fsp3) is 0.400. The van der Waals surface area contributed by atoms with Crippen molar-refractivity contribution in [1.29, 1.82) is 0 Å². The van der Waals surface area contributed by atoms with Crippen LogP contribution < -0.4 is 10.0 Å². The van der Waals surface area contributed by atoms with Crippen molar-refractivity contribution in [3.8, 4) is 0 Å². The molecule has 0 saturated carbocycles. The van der Waals surface area contributed by atoms with Crippen molar-refractivity contribution in [2.24, 2.45) is 0 Å². The summed E-state index contributed by atoms with van der Waals surface area (Å²) in [6.45, 7) is 0.428. The van der Waals surface area contributed by atoms with Gasteiger partial charge < -0.3 is 5.32 Å². The molecule has 102 valence electrons. The number of halogens is 3. The first-order chi connectivity index (χ1) is 8.31. The Labute approximate surface area is 113 Å². The lowest BCUT2D eigenvalue weighted by atomic mass is 10.2. The minimum Gasteiger partial charge on any atom is -0.311 e. The van der Waals surface area contributed by atoms with E-state index >= 15 is 0 Å². The van der Waals surface area contributed by atoms with Gasteiger partial charge in [-0.25, -0.2) is 21.9 Å². The Bertz CT molecular complexity index is 523. The van der Waals surface area contributed by atoms with Crippen LogP contribution in [0.15, 0.2) is 16.6 Å². The lowest BCUT2D eigenvalue weighted by molar-refractivity contribution is 0.530. The fourth-order valence-electron chi connectivity index (χ4n) is 1.27. The monoisotopic (exact) mass is 342 g/mol. The van der Waals surface area contributed by atoms with Crippen molar-refractivity contribution >= 4 is 26.0 Å². The molecule has 0 saturated heterocycles. The average molecular weight is 343 g/mol. The molecular weight excluding hydrogens is 330 g/mol. The van der Waals surface area contributed by atoms with Crippen LogP contribution in [0.5, 0.6) is 0 Å². The zero-order valence-electron chi connectivity index (χ0n) is 9.63. The fourth-order valence-corrected chi connectivity index (χ4v) is 2.11. The van der Waals surface area contributed by atoms with E-state index in [4.69, 9.17) is 0 Å². The highest BCUT2D eigenvalue weighted by Crippen LogP contribution is 2.21. The molecule has 0 aromatic heterocycles. The molecule has 2 N–H and O–H groups in total. The summed E-state index contributed by atoms with van der Waals surface area (Å²) in [5, 5.41) is 2.76. The van der Waals surface area contributed by atoms with Gasteiger partial charge in [-0.1, -0.05) is 0 Å². The Hall–Kier alpha value is -0.570. The number of hydrogen-bond donors (Lipinski definition) is 2. The van der Waals surface area contributed by atoms with Gasteiger partial charge in [0.2, 0.25) is 10.0 Å². The molecule has 18 heavy (non-hydrogen) atoms. The maximum Gasteiger partial charge on any atom is 0.208 e. The van der Waals surface area contributed by atoms with Crippen molar-refractivity contribution in [2.45, 2.75) is 6.54 Å². The summed E-state index contributed by atoms with van der Waals surface area (Å²) in [7, 11) is -3.24. The molecule has 0 radical (unpaired) electrons. The van der Waals surface area contributed by atoms with Gasteiger partial charge in [0, 0.05) is 25.2 Å². The summed E-state index contributed by atoms with van der Waals surface area (Å²) in [4.78, 5) is 0. The van der Waals surface area contributed by atoms with E-state index in [1.54, 1.807) is 0 Å². The van der Waals surface area contributed by atoms with E-state index in [2.05, 4.69) is 26.0 Å². The van der Waals surface area contributed by atoms with E-state index in [-0.39, 0.29) is 29.7 Å². The van der Waals surface area contributed by atoms with Crippen LogP contribution in [0.2, 0.25) is 0 Å². The zero-order valence-corrected chi connectivity index (χ0v) is 12.0. The Morgan fingerprint density at radius 3 is 2.56 bits per heavy atom. The molecule has 0 fully saturated rings. The lowest BCUT2D eigenvalue weighted by Crippen LogP contribution is -2.31. The first kappa shape index (κ1) is 15.5. The van der Waals surface area contributed by atoms with Gasteiger partial charge in [0.1, 0.15) is 11.6 Å². The summed E-state index contributed by atoms with van der Waals surface area (Å²) in [6, 6.07) is 2.46. The van der Waals surface area contributed by atoms with Crippen molar-refractivity contribution in [1.82, 2.24) is 10.0 Å². The number of rotatable bonds is 6. The average Bonchev–Trinajstić information content (AvgIpc) is 2.26. The largest absolute Gasteiger partial charge is 0.311 e. The van der Waals surface area contributed by atoms with Gasteiger partial charge in [0.05, 0.1) is 10.7 Å². The predicted octanol–water partition coefficient (Wildman–Crippen LogP) is 1.37. The quantitative estimate of drug-likeness (QED) is 0.606. The highest BCUT2D eigenvalue weighted by molar-refractivity contribution is 9.10. The van der Waals surface area contributed by atoms with Gasteiger partial charge in [-0.2, -0.15) is 0 Å². The van der Waals surface area contributed by atoms with Crippen molar-refractivity contribution in [3.05, 3.63) is 33.8 Å². The van der Waals surface area contributed by atoms with E-state index in [0.717, 1.165) is 6.26 Å². The van der Waals surface area contributed by atoms with Crippen molar-refractivity contribution in [2.75, 3.05) is 19.3 Å². The van der Waals surface area contributed by atoms with Crippen LogP contribution in [0.4, 0.5) is 8.78 Å². The maximum atomic E-state index is 13.5. The maximum absolute atomic E-state index is 13.5. The molecule has 0 atom stereocenters. The summed E-state index contributed by atoms with van der Waals surface area (Å²) < 4.78 is 50.8. The van der Waals surface area contributed by atoms with Crippen molar-refractivity contribution in [3.63, 3.8) is 0 Å². The third-order valence-electron chi connectivity index (χ3n) is 2.11. The number of benzene rings is 1. The Morgan fingerprint density at radius 2 is 1.94 bits per heavy atom. The molecule has 0 amide bonds.